The second kappa shape index (κ2) is 5.29. The maximum atomic E-state index is 8.58. The summed E-state index contributed by atoms with van der Waals surface area (Å²) in [5.41, 5.74) is 8.54. The van der Waals surface area contributed by atoms with E-state index in [1.54, 1.807) is 0 Å². The van der Waals surface area contributed by atoms with Gasteiger partial charge in [0, 0.05) is 22.6 Å². The van der Waals surface area contributed by atoms with Crippen LogP contribution in [0.1, 0.15) is 59.6 Å². The molecule has 0 amide bonds. The van der Waals surface area contributed by atoms with Crippen LogP contribution < -0.4 is 0 Å². The summed E-state index contributed by atoms with van der Waals surface area (Å²) in [6, 6.07) is 8.41. The molecule has 2 rings (SSSR count). The van der Waals surface area contributed by atoms with Crippen LogP contribution in [0.3, 0.4) is 0 Å². The summed E-state index contributed by atoms with van der Waals surface area (Å²) in [4.78, 5) is 0. The van der Waals surface area contributed by atoms with E-state index in [0.717, 1.165) is 5.56 Å². The number of nitrogens with one attached hydrogen (secondary N) is 1. The average molecular weight is 281 g/mol. The highest BCUT2D eigenvalue weighted by Gasteiger charge is 2.28. The highest BCUT2D eigenvalue weighted by molar-refractivity contribution is 6.06. The molecule has 112 valence electrons. The van der Waals surface area contributed by atoms with E-state index in [0.29, 0.717) is 11.6 Å². The number of hydrogen-bond acceptors (Lipinski definition) is 1. The van der Waals surface area contributed by atoms with E-state index in [4.69, 9.17) is 5.41 Å². The molecule has 0 aliphatic heterocycles. The van der Waals surface area contributed by atoms with Gasteiger partial charge < -0.3 is 5.41 Å². The monoisotopic (exact) mass is 281 g/mol. The van der Waals surface area contributed by atoms with Gasteiger partial charge >= 0.3 is 0 Å². The van der Waals surface area contributed by atoms with Crippen LogP contribution in [0, 0.1) is 16.7 Å². The average Bonchev–Trinajstić information content (AvgIpc) is 2.61. The molecule has 1 aliphatic rings. The Hall–Kier alpha value is -1.63. The normalized spacial score (nSPS) is 19.5. The van der Waals surface area contributed by atoms with Crippen LogP contribution in [0.4, 0.5) is 0 Å². The van der Waals surface area contributed by atoms with Gasteiger partial charge in [0.05, 0.1) is 0 Å². The van der Waals surface area contributed by atoms with Gasteiger partial charge in [0.15, 0.2) is 0 Å². The predicted octanol–water partition coefficient (Wildman–Crippen LogP) is 5.86. The summed E-state index contributed by atoms with van der Waals surface area (Å²) in [5.74, 6) is 0.443. The fourth-order valence-corrected chi connectivity index (χ4v) is 3.14. The SMILES string of the molecule is CC1=C(C)C(C)C(c2ccccc2C(=N)C(C)(C)C)=C1C. The summed E-state index contributed by atoms with van der Waals surface area (Å²) in [6.45, 7) is 15.3. The molecule has 0 fully saturated rings. The van der Waals surface area contributed by atoms with Gasteiger partial charge in [-0.1, -0.05) is 57.5 Å². The highest BCUT2D eigenvalue weighted by atomic mass is 14.5. The minimum atomic E-state index is -0.135. The molecule has 0 heterocycles. The molecule has 0 spiro atoms. The zero-order valence-corrected chi connectivity index (χ0v) is 14.4. The Balaban J connectivity index is 2.61. The van der Waals surface area contributed by atoms with Gasteiger partial charge in [-0.3, -0.25) is 0 Å². The first-order chi connectivity index (χ1) is 9.66. The molecule has 1 heteroatoms. The van der Waals surface area contributed by atoms with E-state index in [9.17, 15) is 0 Å². The molecule has 21 heavy (non-hydrogen) atoms. The van der Waals surface area contributed by atoms with Gasteiger partial charge in [0.2, 0.25) is 0 Å². The summed E-state index contributed by atoms with van der Waals surface area (Å²) in [6.07, 6.45) is 0. The molecule has 0 aromatic heterocycles. The lowest BCUT2D eigenvalue weighted by molar-refractivity contribution is 0.588. The summed E-state index contributed by atoms with van der Waals surface area (Å²) >= 11 is 0. The van der Waals surface area contributed by atoms with Gasteiger partial charge in [0.1, 0.15) is 0 Å². The van der Waals surface area contributed by atoms with Crippen LogP contribution in [0.25, 0.3) is 5.57 Å². The van der Waals surface area contributed by atoms with Crippen molar-refractivity contribution >= 4 is 11.3 Å². The van der Waals surface area contributed by atoms with Gasteiger partial charge in [-0.25, -0.2) is 0 Å². The van der Waals surface area contributed by atoms with Crippen LogP contribution in [0.5, 0.6) is 0 Å². The Labute approximate surface area is 129 Å². The first kappa shape index (κ1) is 15.8. The molecule has 1 aromatic carbocycles. The van der Waals surface area contributed by atoms with Gasteiger partial charge in [-0.15, -0.1) is 0 Å². The van der Waals surface area contributed by atoms with Crippen molar-refractivity contribution in [1.29, 1.82) is 5.41 Å². The van der Waals surface area contributed by atoms with Crippen LogP contribution in [-0.2, 0) is 0 Å². The fraction of sp³-hybridized carbons (Fsp3) is 0.450. The first-order valence-electron chi connectivity index (χ1n) is 7.73. The smallest absolute Gasteiger partial charge is 0.0445 e. The Morgan fingerprint density at radius 1 is 1.00 bits per heavy atom. The third-order valence-electron chi connectivity index (χ3n) is 4.88. The predicted molar refractivity (Wildman–Crippen MR) is 92.9 cm³/mol. The van der Waals surface area contributed by atoms with Crippen molar-refractivity contribution in [2.45, 2.75) is 48.5 Å². The van der Waals surface area contributed by atoms with Crippen molar-refractivity contribution in [1.82, 2.24) is 0 Å². The van der Waals surface area contributed by atoms with Crippen molar-refractivity contribution in [3.8, 4) is 0 Å². The largest absolute Gasteiger partial charge is 0.304 e. The molecule has 1 aliphatic carbocycles. The van der Waals surface area contributed by atoms with Crippen LogP contribution >= 0.6 is 0 Å². The van der Waals surface area contributed by atoms with Crippen molar-refractivity contribution in [3.63, 3.8) is 0 Å². The van der Waals surface area contributed by atoms with Gasteiger partial charge in [-0.05, 0) is 43.1 Å². The van der Waals surface area contributed by atoms with Crippen LogP contribution in [0.2, 0.25) is 0 Å². The van der Waals surface area contributed by atoms with Gasteiger partial charge in [-0.2, -0.15) is 0 Å². The Morgan fingerprint density at radius 2 is 1.57 bits per heavy atom. The Morgan fingerprint density at radius 3 is 2.05 bits per heavy atom. The van der Waals surface area contributed by atoms with Crippen molar-refractivity contribution < 1.29 is 0 Å². The van der Waals surface area contributed by atoms with E-state index in [-0.39, 0.29) is 5.41 Å². The second-order valence-electron chi connectivity index (χ2n) is 7.24. The summed E-state index contributed by atoms with van der Waals surface area (Å²) in [5, 5.41) is 8.58. The maximum Gasteiger partial charge on any atom is 0.0445 e. The van der Waals surface area contributed by atoms with Crippen LogP contribution in [-0.4, -0.2) is 5.71 Å². The standard InChI is InChI=1S/C20H27N/c1-12-13(2)15(4)18(14(12)3)16-10-8-9-11-17(16)19(21)20(5,6)7/h8-11,14,21H,1-7H3. The van der Waals surface area contributed by atoms with Crippen molar-refractivity contribution in [2.75, 3.05) is 0 Å². The molecular formula is C20H27N. The Kier molecular flexibility index (Phi) is 3.97. The molecule has 1 unspecified atom stereocenters. The van der Waals surface area contributed by atoms with E-state index >= 15 is 0 Å². The maximum absolute atomic E-state index is 8.58. The quantitative estimate of drug-likeness (QED) is 0.656. The molecule has 0 bridgehead atoms. The van der Waals surface area contributed by atoms with E-state index < -0.39 is 0 Å². The lowest BCUT2D eigenvalue weighted by Crippen LogP contribution is -2.22. The van der Waals surface area contributed by atoms with E-state index in [1.165, 1.54) is 27.9 Å². The van der Waals surface area contributed by atoms with Crippen molar-refractivity contribution in [3.05, 3.63) is 52.1 Å². The van der Waals surface area contributed by atoms with Gasteiger partial charge in [0.25, 0.3) is 0 Å². The first-order valence-corrected chi connectivity index (χ1v) is 7.73. The van der Waals surface area contributed by atoms with E-state index in [2.05, 4.69) is 66.7 Å². The highest BCUT2D eigenvalue weighted by Crippen LogP contribution is 2.43. The second-order valence-corrected chi connectivity index (χ2v) is 7.24. The topological polar surface area (TPSA) is 23.9 Å². The van der Waals surface area contributed by atoms with Crippen LogP contribution in [0.15, 0.2) is 41.0 Å². The minimum Gasteiger partial charge on any atom is -0.304 e. The lowest BCUT2D eigenvalue weighted by Gasteiger charge is -2.24. The number of allylic oxidation sites excluding steroid dienone is 4. The fourth-order valence-electron chi connectivity index (χ4n) is 3.14. The molecule has 0 saturated heterocycles. The van der Waals surface area contributed by atoms with E-state index in [1.807, 2.05) is 6.07 Å². The molecule has 1 atom stereocenters. The molecule has 0 saturated carbocycles. The minimum absolute atomic E-state index is 0.135. The molecule has 1 N–H and O–H groups in total. The number of benzene rings is 1. The number of hydrogen-bond donors (Lipinski definition) is 1. The third kappa shape index (κ3) is 2.62. The molecule has 0 radical (unpaired) electrons. The zero-order chi connectivity index (χ0) is 15.9. The van der Waals surface area contributed by atoms with Crippen molar-refractivity contribution in [2.24, 2.45) is 11.3 Å². The molecule has 1 aromatic rings. The number of rotatable bonds is 2. The Bertz CT molecular complexity index is 651. The summed E-state index contributed by atoms with van der Waals surface area (Å²) < 4.78 is 0. The molecule has 1 nitrogen and oxygen atoms in total. The zero-order valence-electron chi connectivity index (χ0n) is 14.4. The third-order valence-corrected chi connectivity index (χ3v) is 4.88. The summed E-state index contributed by atoms with van der Waals surface area (Å²) in [7, 11) is 0. The molecular weight excluding hydrogens is 254 g/mol. The lowest BCUT2D eigenvalue weighted by atomic mass is 9.80.